The fourth-order valence-corrected chi connectivity index (χ4v) is 4.08. The number of nitriles is 1. The summed E-state index contributed by atoms with van der Waals surface area (Å²) in [7, 11) is 0. The van der Waals surface area contributed by atoms with E-state index >= 15 is 0 Å². The first-order chi connectivity index (χ1) is 20.5. The van der Waals surface area contributed by atoms with Gasteiger partial charge in [-0.25, -0.2) is 23.2 Å². The van der Waals surface area contributed by atoms with E-state index in [0.29, 0.717) is 39.6 Å². The number of aromatic nitrogens is 3. The molecule has 3 aromatic carbocycles. The second kappa shape index (κ2) is 11.6. The quantitative estimate of drug-likeness (QED) is 0.190. The number of carbonyl (C=O) groups is 1. The lowest BCUT2D eigenvalue weighted by Gasteiger charge is -2.15. The van der Waals surface area contributed by atoms with Crippen molar-refractivity contribution < 1.29 is 41.3 Å². The van der Waals surface area contributed by atoms with Crippen LogP contribution in [0.2, 0.25) is 0 Å². The molecule has 0 saturated heterocycles. The molecule has 0 saturated carbocycles. The summed E-state index contributed by atoms with van der Waals surface area (Å²) in [5, 5.41) is 21.6. The minimum atomic E-state index is -5.09. The molecular weight excluding hydrogens is 575 g/mol. The number of ether oxygens (including phenoxy) is 2. The van der Waals surface area contributed by atoms with Gasteiger partial charge < -0.3 is 14.6 Å². The fraction of sp³-hybridized carbons (Fsp3) is 0.0667. The van der Waals surface area contributed by atoms with Gasteiger partial charge in [0, 0.05) is 11.6 Å². The molecule has 5 rings (SSSR count). The third-order valence-corrected chi connectivity index (χ3v) is 6.03. The number of benzene rings is 3. The van der Waals surface area contributed by atoms with Crippen LogP contribution < -0.4 is 9.47 Å². The zero-order chi connectivity index (χ0) is 30.7. The maximum absolute atomic E-state index is 14.9. The van der Waals surface area contributed by atoms with Crippen molar-refractivity contribution in [2.45, 2.75) is 12.8 Å². The number of rotatable bonds is 8. The lowest BCUT2D eigenvalue weighted by Crippen LogP contribution is -2.18. The van der Waals surface area contributed by atoms with Crippen LogP contribution in [0.25, 0.3) is 17.1 Å². The number of hydrogen-bond acceptors (Lipinski definition) is 6. The highest BCUT2D eigenvalue weighted by atomic mass is 19.4. The molecule has 0 spiro atoms. The van der Waals surface area contributed by atoms with Crippen molar-refractivity contribution in [3.63, 3.8) is 0 Å². The van der Waals surface area contributed by atoms with Crippen LogP contribution in [-0.2, 0) is 12.8 Å². The molecule has 43 heavy (non-hydrogen) atoms. The SMILES string of the molecule is N#Cc1ccc(Oc2ccc(COc3c(F)cc(F)cc3-c3cccc(-n4ncc(C(=O)O)c4C(F)(F)F)n3)cc2)cc1. The van der Waals surface area contributed by atoms with Crippen LogP contribution in [0.5, 0.6) is 17.2 Å². The van der Waals surface area contributed by atoms with E-state index in [0.717, 1.165) is 12.1 Å². The van der Waals surface area contributed by atoms with Crippen molar-refractivity contribution in [3.8, 4) is 40.4 Å². The van der Waals surface area contributed by atoms with Gasteiger partial charge in [-0.1, -0.05) is 18.2 Å². The highest BCUT2D eigenvalue weighted by molar-refractivity contribution is 5.89. The van der Waals surface area contributed by atoms with Crippen LogP contribution >= 0.6 is 0 Å². The summed E-state index contributed by atoms with van der Waals surface area (Å²) >= 11 is 0. The first-order valence-electron chi connectivity index (χ1n) is 12.3. The standard InChI is InChI=1S/C30H17F5N4O4/c31-19-12-22(25-2-1-3-26(38-25)39-28(30(33,34)35)23(15-37-39)29(40)41)27(24(32)13-19)42-16-18-6-10-21(11-7-18)43-20-8-4-17(14-36)5-9-20/h1-13,15H,16H2,(H,40,41). The topological polar surface area (TPSA) is 110 Å². The van der Waals surface area contributed by atoms with E-state index in [-0.39, 0.29) is 17.9 Å². The molecule has 0 aliphatic carbocycles. The van der Waals surface area contributed by atoms with Gasteiger partial charge in [0.1, 0.15) is 29.5 Å². The smallest absolute Gasteiger partial charge is 0.434 e. The Kier molecular flexibility index (Phi) is 7.76. The molecule has 2 aromatic heterocycles. The number of alkyl halides is 3. The van der Waals surface area contributed by atoms with Crippen LogP contribution in [0.3, 0.4) is 0 Å². The monoisotopic (exact) mass is 592 g/mol. The molecule has 5 aromatic rings. The summed E-state index contributed by atoms with van der Waals surface area (Å²) in [6.45, 7) is -0.175. The molecule has 8 nitrogen and oxygen atoms in total. The van der Waals surface area contributed by atoms with Crippen molar-refractivity contribution in [2.24, 2.45) is 0 Å². The molecule has 2 heterocycles. The van der Waals surface area contributed by atoms with Gasteiger partial charge in [0.05, 0.1) is 23.5 Å². The van der Waals surface area contributed by atoms with Gasteiger partial charge in [0.2, 0.25) is 0 Å². The van der Waals surface area contributed by atoms with Crippen LogP contribution in [0, 0.1) is 23.0 Å². The Labute approximate surface area is 239 Å². The van der Waals surface area contributed by atoms with E-state index in [1.165, 1.54) is 12.1 Å². The number of hydrogen-bond donors (Lipinski definition) is 1. The minimum absolute atomic E-state index is 0.155. The van der Waals surface area contributed by atoms with Gasteiger partial charge in [-0.3, -0.25) is 0 Å². The number of halogens is 5. The average Bonchev–Trinajstić information content (AvgIpc) is 3.45. The number of carboxylic acid groups (broad SMARTS) is 1. The van der Waals surface area contributed by atoms with E-state index in [4.69, 9.17) is 14.7 Å². The van der Waals surface area contributed by atoms with Crippen LogP contribution in [0.15, 0.2) is 85.1 Å². The van der Waals surface area contributed by atoms with Crippen molar-refractivity contribution in [1.29, 1.82) is 5.26 Å². The summed E-state index contributed by atoms with van der Waals surface area (Å²) in [5.41, 5.74) is -1.95. The Bertz CT molecular complexity index is 1850. The van der Waals surface area contributed by atoms with E-state index < -0.39 is 46.6 Å². The lowest BCUT2D eigenvalue weighted by atomic mass is 10.1. The zero-order valence-corrected chi connectivity index (χ0v) is 21.6. The van der Waals surface area contributed by atoms with Crippen molar-refractivity contribution in [1.82, 2.24) is 14.8 Å². The molecule has 0 unspecified atom stereocenters. The molecule has 0 aliphatic rings. The predicted molar refractivity (Wildman–Crippen MR) is 141 cm³/mol. The van der Waals surface area contributed by atoms with Gasteiger partial charge in [-0.2, -0.15) is 23.5 Å². The number of aromatic carboxylic acids is 1. The van der Waals surface area contributed by atoms with E-state index in [1.54, 1.807) is 48.5 Å². The maximum atomic E-state index is 14.9. The first-order valence-corrected chi connectivity index (χ1v) is 12.3. The molecule has 0 aliphatic heterocycles. The molecule has 0 bridgehead atoms. The maximum Gasteiger partial charge on any atom is 0.434 e. The van der Waals surface area contributed by atoms with Crippen LogP contribution in [0.4, 0.5) is 22.0 Å². The number of nitrogens with zero attached hydrogens (tertiary/aromatic N) is 4. The predicted octanol–water partition coefficient (Wildman–Crippen LogP) is 7.17. The molecule has 13 heteroatoms. The summed E-state index contributed by atoms with van der Waals surface area (Å²) < 4.78 is 82.0. The average molecular weight is 592 g/mol. The lowest BCUT2D eigenvalue weighted by molar-refractivity contribution is -0.143. The highest BCUT2D eigenvalue weighted by Crippen LogP contribution is 2.36. The number of carboxylic acids is 1. The van der Waals surface area contributed by atoms with E-state index in [1.807, 2.05) is 6.07 Å². The molecule has 0 amide bonds. The minimum Gasteiger partial charge on any atom is -0.485 e. The van der Waals surface area contributed by atoms with E-state index in [9.17, 15) is 31.9 Å². The summed E-state index contributed by atoms with van der Waals surface area (Å²) in [5.74, 6) is -3.77. The van der Waals surface area contributed by atoms with Gasteiger partial charge in [-0.15, -0.1) is 0 Å². The zero-order valence-electron chi connectivity index (χ0n) is 21.6. The van der Waals surface area contributed by atoms with Gasteiger partial charge in [0.15, 0.2) is 23.1 Å². The van der Waals surface area contributed by atoms with Crippen LogP contribution in [0.1, 0.15) is 27.2 Å². The van der Waals surface area contributed by atoms with Crippen molar-refractivity contribution >= 4 is 5.97 Å². The van der Waals surface area contributed by atoms with Gasteiger partial charge in [-0.05, 0) is 60.2 Å². The molecule has 0 fully saturated rings. The Balaban J connectivity index is 1.41. The van der Waals surface area contributed by atoms with Gasteiger partial charge >= 0.3 is 12.1 Å². The van der Waals surface area contributed by atoms with Crippen LogP contribution in [-0.4, -0.2) is 25.8 Å². The van der Waals surface area contributed by atoms with Crippen molar-refractivity contribution in [2.75, 3.05) is 0 Å². The second-order valence-electron chi connectivity index (χ2n) is 8.94. The third kappa shape index (κ3) is 6.28. The summed E-state index contributed by atoms with van der Waals surface area (Å²) in [4.78, 5) is 15.4. The third-order valence-electron chi connectivity index (χ3n) is 6.03. The highest BCUT2D eigenvalue weighted by Gasteiger charge is 2.41. The normalized spacial score (nSPS) is 11.2. The molecule has 216 valence electrons. The fourth-order valence-electron chi connectivity index (χ4n) is 4.08. The molecule has 1 N–H and O–H groups in total. The van der Waals surface area contributed by atoms with E-state index in [2.05, 4.69) is 10.1 Å². The number of pyridine rings is 1. The second-order valence-corrected chi connectivity index (χ2v) is 8.94. The Hall–Kier alpha value is -5.77. The Morgan fingerprint density at radius 3 is 2.28 bits per heavy atom. The Morgan fingerprint density at radius 2 is 1.65 bits per heavy atom. The van der Waals surface area contributed by atoms with Crippen molar-refractivity contribution in [3.05, 3.63) is 119 Å². The summed E-state index contributed by atoms with van der Waals surface area (Å²) in [6, 6.07) is 20.3. The Morgan fingerprint density at radius 1 is 0.977 bits per heavy atom. The summed E-state index contributed by atoms with van der Waals surface area (Å²) in [6.07, 6.45) is -4.56. The largest absolute Gasteiger partial charge is 0.485 e. The molecule has 0 radical (unpaired) electrons. The first kappa shape index (κ1) is 28.7. The molecule has 0 atom stereocenters. The van der Waals surface area contributed by atoms with Gasteiger partial charge in [0.25, 0.3) is 0 Å². The molecular formula is C30H17F5N4O4.